The summed E-state index contributed by atoms with van der Waals surface area (Å²) in [6.07, 6.45) is 3.53. The fourth-order valence-corrected chi connectivity index (χ4v) is 3.13. The van der Waals surface area contributed by atoms with Gasteiger partial charge in [0, 0.05) is 23.8 Å². The lowest BCUT2D eigenvalue weighted by Crippen LogP contribution is -1.97. The van der Waals surface area contributed by atoms with E-state index in [0.29, 0.717) is 12.5 Å². The molecule has 0 aliphatic heterocycles. The number of benzene rings is 1. The van der Waals surface area contributed by atoms with Crippen LogP contribution >= 0.6 is 43.5 Å². The highest BCUT2D eigenvalue weighted by molar-refractivity contribution is 9.11. The fraction of sp³-hybridized carbons (Fsp3) is 0.154. The molecule has 0 spiro atoms. The lowest BCUT2D eigenvalue weighted by Gasteiger charge is -2.11. The van der Waals surface area contributed by atoms with E-state index in [1.54, 1.807) is 12.4 Å². The van der Waals surface area contributed by atoms with Gasteiger partial charge in [0.25, 0.3) is 0 Å². The van der Waals surface area contributed by atoms with Crippen molar-refractivity contribution in [1.29, 1.82) is 0 Å². The van der Waals surface area contributed by atoms with Crippen LogP contribution in [0.25, 0.3) is 0 Å². The molecule has 0 aliphatic carbocycles. The van der Waals surface area contributed by atoms with Gasteiger partial charge in [-0.1, -0.05) is 6.07 Å². The van der Waals surface area contributed by atoms with Crippen LogP contribution in [0, 0.1) is 0 Å². The summed E-state index contributed by atoms with van der Waals surface area (Å²) in [6, 6.07) is 7.77. The molecular weight excluding hydrogens is 381 g/mol. The van der Waals surface area contributed by atoms with Gasteiger partial charge in [-0.05, 0) is 55.6 Å². The van der Waals surface area contributed by atoms with E-state index in [4.69, 9.17) is 16.3 Å². The first kappa shape index (κ1) is 13.8. The average Bonchev–Trinajstić information content (AvgIpc) is 2.38. The fourth-order valence-electron chi connectivity index (χ4n) is 1.47. The summed E-state index contributed by atoms with van der Waals surface area (Å²) in [5, 5.41) is 0. The van der Waals surface area contributed by atoms with Crippen molar-refractivity contribution in [3.05, 3.63) is 56.7 Å². The first-order valence-corrected chi connectivity index (χ1v) is 7.38. The number of hydrogen-bond donors (Lipinski definition) is 0. The van der Waals surface area contributed by atoms with Gasteiger partial charge in [0.05, 0.1) is 8.95 Å². The molecule has 0 unspecified atom stereocenters. The number of hydrogen-bond acceptors (Lipinski definition) is 2. The van der Waals surface area contributed by atoms with Gasteiger partial charge in [0.2, 0.25) is 0 Å². The predicted molar refractivity (Wildman–Crippen MR) is 80.0 cm³/mol. The standard InChI is InChI=1S/C13H10Br2ClNO/c14-11-4-10(6-16)5-12(15)13(11)18-8-9-2-1-3-17-7-9/h1-5,7H,6,8H2. The van der Waals surface area contributed by atoms with E-state index in [2.05, 4.69) is 36.8 Å². The Labute approximate surface area is 128 Å². The summed E-state index contributed by atoms with van der Waals surface area (Å²) in [5.41, 5.74) is 2.06. The van der Waals surface area contributed by atoms with E-state index in [9.17, 15) is 0 Å². The summed E-state index contributed by atoms with van der Waals surface area (Å²) in [6.45, 7) is 0.477. The second kappa shape index (κ2) is 6.55. The highest BCUT2D eigenvalue weighted by Gasteiger charge is 2.09. The zero-order chi connectivity index (χ0) is 13.0. The van der Waals surface area contributed by atoms with Crippen LogP contribution in [-0.2, 0) is 12.5 Å². The van der Waals surface area contributed by atoms with E-state index in [-0.39, 0.29) is 0 Å². The van der Waals surface area contributed by atoms with Gasteiger partial charge in [-0.15, -0.1) is 11.6 Å². The second-order valence-corrected chi connectivity index (χ2v) is 5.65. The minimum atomic E-state index is 0.472. The minimum absolute atomic E-state index is 0.472. The Morgan fingerprint density at radius 2 is 1.89 bits per heavy atom. The zero-order valence-corrected chi connectivity index (χ0v) is 13.3. The first-order chi connectivity index (χ1) is 8.70. The van der Waals surface area contributed by atoms with Crippen LogP contribution in [0.1, 0.15) is 11.1 Å². The van der Waals surface area contributed by atoms with E-state index >= 15 is 0 Å². The number of ether oxygens (including phenoxy) is 1. The van der Waals surface area contributed by atoms with E-state index in [1.165, 1.54) is 0 Å². The SMILES string of the molecule is ClCc1cc(Br)c(OCc2cccnc2)c(Br)c1. The third-order valence-corrected chi connectivity index (χ3v) is 3.81. The summed E-state index contributed by atoms with van der Waals surface area (Å²) in [4.78, 5) is 4.05. The molecule has 0 amide bonds. The third-order valence-electron chi connectivity index (χ3n) is 2.32. The molecule has 0 fully saturated rings. The molecule has 2 nitrogen and oxygen atoms in total. The molecule has 0 bridgehead atoms. The van der Waals surface area contributed by atoms with Crippen molar-refractivity contribution >= 4 is 43.5 Å². The maximum absolute atomic E-state index is 5.81. The van der Waals surface area contributed by atoms with Crippen LogP contribution in [0.4, 0.5) is 0 Å². The maximum Gasteiger partial charge on any atom is 0.148 e. The molecule has 5 heteroatoms. The van der Waals surface area contributed by atoms with E-state index in [1.807, 2.05) is 24.3 Å². The van der Waals surface area contributed by atoms with Gasteiger partial charge in [-0.25, -0.2) is 0 Å². The molecule has 0 atom stereocenters. The van der Waals surface area contributed by atoms with Gasteiger partial charge < -0.3 is 4.74 Å². The maximum atomic E-state index is 5.81. The van der Waals surface area contributed by atoms with Crippen molar-refractivity contribution in [2.75, 3.05) is 0 Å². The number of rotatable bonds is 4. The Balaban J connectivity index is 2.15. The van der Waals surface area contributed by atoms with Crippen LogP contribution < -0.4 is 4.74 Å². The van der Waals surface area contributed by atoms with Crippen LogP contribution in [0.3, 0.4) is 0 Å². The Hall–Kier alpha value is -0.580. The minimum Gasteiger partial charge on any atom is -0.486 e. The van der Waals surface area contributed by atoms with Crippen molar-refractivity contribution in [2.24, 2.45) is 0 Å². The molecule has 1 aromatic carbocycles. The zero-order valence-electron chi connectivity index (χ0n) is 9.37. The van der Waals surface area contributed by atoms with Gasteiger partial charge in [0.1, 0.15) is 12.4 Å². The molecule has 2 aromatic rings. The summed E-state index contributed by atoms with van der Waals surface area (Å²) >= 11 is 12.8. The normalized spacial score (nSPS) is 10.4. The van der Waals surface area contributed by atoms with Gasteiger partial charge in [-0.3, -0.25) is 4.98 Å². The number of aromatic nitrogens is 1. The average molecular weight is 391 g/mol. The van der Waals surface area contributed by atoms with Crippen molar-refractivity contribution in [1.82, 2.24) is 4.98 Å². The van der Waals surface area contributed by atoms with E-state index in [0.717, 1.165) is 25.8 Å². The van der Waals surface area contributed by atoms with Crippen LogP contribution in [-0.4, -0.2) is 4.98 Å². The van der Waals surface area contributed by atoms with Crippen molar-refractivity contribution in [3.8, 4) is 5.75 Å². The summed E-state index contributed by atoms with van der Waals surface area (Å²) in [5.74, 6) is 1.24. The molecule has 18 heavy (non-hydrogen) atoms. The smallest absolute Gasteiger partial charge is 0.148 e. The van der Waals surface area contributed by atoms with Gasteiger partial charge in [-0.2, -0.15) is 0 Å². The van der Waals surface area contributed by atoms with E-state index < -0.39 is 0 Å². The number of halogens is 3. The van der Waals surface area contributed by atoms with Gasteiger partial charge in [0.15, 0.2) is 0 Å². The Morgan fingerprint density at radius 3 is 2.44 bits per heavy atom. The van der Waals surface area contributed by atoms with Crippen molar-refractivity contribution in [2.45, 2.75) is 12.5 Å². The monoisotopic (exact) mass is 389 g/mol. The van der Waals surface area contributed by atoms with Crippen LogP contribution in [0.5, 0.6) is 5.75 Å². The summed E-state index contributed by atoms with van der Waals surface area (Å²) in [7, 11) is 0. The molecule has 1 aromatic heterocycles. The third kappa shape index (κ3) is 3.46. The Morgan fingerprint density at radius 1 is 1.17 bits per heavy atom. The molecule has 2 rings (SSSR count). The molecule has 0 N–H and O–H groups in total. The van der Waals surface area contributed by atoms with Crippen molar-refractivity contribution in [3.63, 3.8) is 0 Å². The molecule has 0 saturated carbocycles. The number of nitrogens with zero attached hydrogens (tertiary/aromatic N) is 1. The lowest BCUT2D eigenvalue weighted by molar-refractivity contribution is 0.301. The Kier molecular flexibility index (Phi) is 5.03. The predicted octanol–water partition coefficient (Wildman–Crippen LogP) is 4.92. The second-order valence-electron chi connectivity index (χ2n) is 3.67. The topological polar surface area (TPSA) is 22.1 Å². The molecule has 0 saturated heterocycles. The Bertz CT molecular complexity index is 511. The van der Waals surface area contributed by atoms with Gasteiger partial charge >= 0.3 is 0 Å². The highest BCUT2D eigenvalue weighted by atomic mass is 79.9. The lowest BCUT2D eigenvalue weighted by atomic mass is 10.2. The number of alkyl halides is 1. The largest absolute Gasteiger partial charge is 0.486 e. The molecule has 0 radical (unpaired) electrons. The summed E-state index contributed by atoms with van der Waals surface area (Å²) < 4.78 is 7.55. The van der Waals surface area contributed by atoms with Crippen LogP contribution in [0.15, 0.2) is 45.6 Å². The van der Waals surface area contributed by atoms with Crippen molar-refractivity contribution < 1.29 is 4.74 Å². The molecule has 94 valence electrons. The molecule has 1 heterocycles. The molecular formula is C13H10Br2ClNO. The molecule has 0 aliphatic rings. The van der Waals surface area contributed by atoms with Crippen LogP contribution in [0.2, 0.25) is 0 Å². The first-order valence-electron chi connectivity index (χ1n) is 5.26. The number of pyridine rings is 1. The quantitative estimate of drug-likeness (QED) is 0.690. The highest BCUT2D eigenvalue weighted by Crippen LogP contribution is 2.35.